The van der Waals surface area contributed by atoms with E-state index in [0.717, 1.165) is 40.7 Å². The second-order valence-electron chi connectivity index (χ2n) is 6.81. The van der Waals surface area contributed by atoms with Crippen molar-refractivity contribution in [1.29, 1.82) is 0 Å². The lowest BCUT2D eigenvalue weighted by molar-refractivity contribution is 0.112. The Hall–Kier alpha value is -2.55. The van der Waals surface area contributed by atoms with Crippen molar-refractivity contribution >= 4 is 17.2 Å². The topological polar surface area (TPSA) is 31.2 Å². The van der Waals surface area contributed by atoms with Crippen LogP contribution in [0.1, 0.15) is 34.5 Å². The van der Waals surface area contributed by atoms with Crippen LogP contribution in [0.2, 0.25) is 0 Å². The van der Waals surface area contributed by atoms with E-state index in [1.807, 2.05) is 49.2 Å². The molecule has 0 aliphatic heterocycles. The molecule has 1 heterocycles. The van der Waals surface area contributed by atoms with E-state index in [9.17, 15) is 4.79 Å². The number of aldehydes is 1. The molecule has 3 aromatic rings. The molecule has 4 rings (SSSR count). The molecule has 0 amide bonds. The minimum atomic E-state index is 0.113. The molecule has 0 N–H and O–H groups in total. The van der Waals surface area contributed by atoms with Crippen LogP contribution < -0.4 is 4.74 Å². The number of hydrogen-bond acceptors (Lipinski definition) is 2. The first kappa shape index (κ1) is 17.8. The van der Waals surface area contributed by atoms with Gasteiger partial charge in [0.05, 0.1) is 7.11 Å². The van der Waals surface area contributed by atoms with Crippen LogP contribution >= 0.6 is 0 Å². The summed E-state index contributed by atoms with van der Waals surface area (Å²) in [4.78, 5) is 12.1. The van der Waals surface area contributed by atoms with E-state index in [2.05, 4.69) is 36.5 Å². The third-order valence-corrected chi connectivity index (χ3v) is 5.25. The van der Waals surface area contributed by atoms with Crippen molar-refractivity contribution in [2.75, 3.05) is 7.11 Å². The maximum Gasteiger partial charge on any atom is 0.152 e. The molecule has 0 unspecified atom stereocenters. The van der Waals surface area contributed by atoms with Gasteiger partial charge in [0, 0.05) is 34.6 Å². The number of fused-ring (bicyclic) bond motifs is 1. The molecule has 135 valence electrons. The van der Waals surface area contributed by atoms with Crippen LogP contribution in [0.15, 0.2) is 48.5 Å². The molecule has 1 aliphatic rings. The fraction of sp³-hybridized carbons (Fsp3) is 0.167. The standard InChI is InChI=1S/C24H22NO2/c1-17(19-10-6-7-11-19)24-22(16-26)21-14-20(27-2)12-13-23(21)25(24)15-18-8-4-3-5-9-18/h3-14,16-17H,15H2,1-2H3/t17-/m0/s1. The van der Waals surface area contributed by atoms with Gasteiger partial charge in [0.2, 0.25) is 0 Å². The van der Waals surface area contributed by atoms with Crippen molar-refractivity contribution in [1.82, 2.24) is 4.57 Å². The van der Waals surface area contributed by atoms with Gasteiger partial charge < -0.3 is 9.30 Å². The van der Waals surface area contributed by atoms with E-state index in [0.29, 0.717) is 0 Å². The van der Waals surface area contributed by atoms with Gasteiger partial charge in [-0.05, 0) is 55.4 Å². The minimum absolute atomic E-state index is 0.113. The third-order valence-electron chi connectivity index (χ3n) is 5.25. The fourth-order valence-corrected chi connectivity index (χ4v) is 3.87. The van der Waals surface area contributed by atoms with Crippen LogP contribution in [0.25, 0.3) is 10.9 Å². The van der Waals surface area contributed by atoms with Crippen molar-refractivity contribution in [3.63, 3.8) is 0 Å². The highest BCUT2D eigenvalue weighted by atomic mass is 16.5. The second-order valence-corrected chi connectivity index (χ2v) is 6.81. The molecule has 0 saturated heterocycles. The van der Waals surface area contributed by atoms with E-state index >= 15 is 0 Å². The van der Waals surface area contributed by atoms with Gasteiger partial charge in [-0.1, -0.05) is 37.3 Å². The van der Waals surface area contributed by atoms with Gasteiger partial charge in [-0.15, -0.1) is 0 Å². The van der Waals surface area contributed by atoms with Crippen LogP contribution in [-0.4, -0.2) is 18.0 Å². The van der Waals surface area contributed by atoms with Crippen molar-refractivity contribution in [3.05, 3.63) is 97.0 Å². The van der Waals surface area contributed by atoms with E-state index in [-0.39, 0.29) is 5.92 Å². The predicted molar refractivity (Wildman–Crippen MR) is 108 cm³/mol. The van der Waals surface area contributed by atoms with Gasteiger partial charge in [-0.3, -0.25) is 4.79 Å². The van der Waals surface area contributed by atoms with Gasteiger partial charge in [0.25, 0.3) is 0 Å². The largest absolute Gasteiger partial charge is 0.497 e. The molecule has 1 aliphatic carbocycles. The number of ether oxygens (including phenoxy) is 1. The quantitative estimate of drug-likeness (QED) is 0.581. The Morgan fingerprint density at radius 1 is 1.07 bits per heavy atom. The number of carbonyl (C=O) groups excluding carboxylic acids is 1. The maximum atomic E-state index is 12.1. The van der Waals surface area contributed by atoms with Crippen LogP contribution in [0.3, 0.4) is 0 Å². The van der Waals surface area contributed by atoms with Gasteiger partial charge in [0.1, 0.15) is 5.75 Å². The van der Waals surface area contributed by atoms with E-state index < -0.39 is 0 Å². The Balaban J connectivity index is 1.91. The summed E-state index contributed by atoms with van der Waals surface area (Å²) in [6, 6.07) is 16.3. The highest BCUT2D eigenvalue weighted by Crippen LogP contribution is 2.41. The molecule has 1 fully saturated rings. The SMILES string of the molecule is COc1ccc2c(c1)c(C=O)c([C@@H](C)[C]1[CH][CH][CH][CH]1)n2Cc1ccccc1. The molecule has 27 heavy (non-hydrogen) atoms. The van der Waals surface area contributed by atoms with Crippen LogP contribution in [0.5, 0.6) is 5.75 Å². The normalized spacial score (nSPS) is 15.9. The van der Waals surface area contributed by atoms with Crippen molar-refractivity contribution in [2.24, 2.45) is 0 Å². The van der Waals surface area contributed by atoms with Crippen LogP contribution in [0.4, 0.5) is 0 Å². The van der Waals surface area contributed by atoms with Gasteiger partial charge >= 0.3 is 0 Å². The zero-order valence-electron chi connectivity index (χ0n) is 15.6. The molecule has 3 heteroatoms. The molecule has 0 bridgehead atoms. The predicted octanol–water partition coefficient (Wildman–Crippen LogP) is 5.02. The summed E-state index contributed by atoms with van der Waals surface area (Å²) in [6.45, 7) is 2.88. The summed E-state index contributed by atoms with van der Waals surface area (Å²) < 4.78 is 7.67. The van der Waals surface area contributed by atoms with E-state index in [1.54, 1.807) is 7.11 Å². The van der Waals surface area contributed by atoms with Crippen molar-refractivity contribution < 1.29 is 9.53 Å². The average molecular weight is 356 g/mol. The Kier molecular flexibility index (Phi) is 5.02. The lowest BCUT2D eigenvalue weighted by Gasteiger charge is -2.22. The average Bonchev–Trinajstić information content (AvgIpc) is 3.34. The van der Waals surface area contributed by atoms with Gasteiger partial charge in [0.15, 0.2) is 6.29 Å². The Morgan fingerprint density at radius 2 is 1.81 bits per heavy atom. The minimum Gasteiger partial charge on any atom is -0.497 e. The molecular formula is C24H22NO2. The number of nitrogens with zero attached hydrogens (tertiary/aromatic N) is 1. The number of benzene rings is 2. The zero-order chi connectivity index (χ0) is 18.8. The van der Waals surface area contributed by atoms with Crippen LogP contribution in [0, 0.1) is 31.6 Å². The summed E-state index contributed by atoms with van der Waals surface area (Å²) in [5.74, 6) is 2.08. The lowest BCUT2D eigenvalue weighted by atomic mass is 9.87. The van der Waals surface area contributed by atoms with Crippen molar-refractivity contribution in [3.8, 4) is 5.75 Å². The summed E-state index contributed by atoms with van der Waals surface area (Å²) in [5, 5.41) is 0.939. The summed E-state index contributed by atoms with van der Waals surface area (Å²) >= 11 is 0. The Morgan fingerprint density at radius 3 is 2.48 bits per heavy atom. The molecule has 1 saturated carbocycles. The molecule has 2 aromatic carbocycles. The first-order valence-electron chi connectivity index (χ1n) is 9.13. The first-order chi connectivity index (χ1) is 13.2. The van der Waals surface area contributed by atoms with Crippen LogP contribution in [-0.2, 0) is 6.54 Å². The lowest BCUT2D eigenvalue weighted by Crippen LogP contribution is -2.14. The van der Waals surface area contributed by atoms with E-state index in [1.165, 1.54) is 11.5 Å². The number of carbonyl (C=O) groups is 1. The highest BCUT2D eigenvalue weighted by molar-refractivity contribution is 6.00. The number of rotatable bonds is 6. The van der Waals surface area contributed by atoms with Gasteiger partial charge in [-0.2, -0.15) is 0 Å². The number of methoxy groups -OCH3 is 1. The highest BCUT2D eigenvalue weighted by Gasteiger charge is 2.30. The summed E-state index contributed by atoms with van der Waals surface area (Å²) in [5.41, 5.74) is 4.05. The summed E-state index contributed by atoms with van der Waals surface area (Å²) in [6.07, 6.45) is 9.30. The zero-order valence-corrected chi connectivity index (χ0v) is 15.6. The number of hydrogen-bond donors (Lipinski definition) is 0. The Bertz CT molecular complexity index is 936. The second kappa shape index (κ2) is 7.59. The number of aromatic nitrogens is 1. The maximum absolute atomic E-state index is 12.1. The first-order valence-corrected chi connectivity index (χ1v) is 9.13. The molecule has 1 aromatic heterocycles. The molecule has 1 atom stereocenters. The third kappa shape index (κ3) is 3.27. The molecule has 5 radical (unpaired) electrons. The molecule has 3 nitrogen and oxygen atoms in total. The van der Waals surface area contributed by atoms with Crippen molar-refractivity contribution in [2.45, 2.75) is 19.4 Å². The summed E-state index contributed by atoms with van der Waals surface area (Å²) in [7, 11) is 1.65. The molecular weight excluding hydrogens is 334 g/mol. The van der Waals surface area contributed by atoms with E-state index in [4.69, 9.17) is 4.74 Å². The molecule has 0 spiro atoms. The fourth-order valence-electron chi connectivity index (χ4n) is 3.87. The monoisotopic (exact) mass is 356 g/mol. The van der Waals surface area contributed by atoms with Gasteiger partial charge in [-0.25, -0.2) is 0 Å². The Labute approximate surface area is 161 Å². The smallest absolute Gasteiger partial charge is 0.152 e.